The van der Waals surface area contributed by atoms with Crippen molar-refractivity contribution in [2.45, 2.75) is 42.7 Å². The van der Waals surface area contributed by atoms with Crippen LogP contribution in [0.25, 0.3) is 0 Å². The highest BCUT2D eigenvalue weighted by Gasteiger charge is 2.43. The lowest BCUT2D eigenvalue weighted by Crippen LogP contribution is -2.42. The highest BCUT2D eigenvalue weighted by atomic mass is 16.6. The number of aliphatic carboxylic acids is 4. The molecule has 0 fully saturated rings. The van der Waals surface area contributed by atoms with Gasteiger partial charge in [-0.3, -0.25) is 10.1 Å². The number of hydrogen-bond acceptors (Lipinski definition) is 11. The molecule has 16 heteroatoms. The monoisotopic (exact) mass is 753 g/mol. The van der Waals surface area contributed by atoms with Gasteiger partial charge in [0.05, 0.1) is 6.61 Å². The summed E-state index contributed by atoms with van der Waals surface area (Å²) < 4.78 is 4.69. The van der Waals surface area contributed by atoms with Gasteiger partial charge < -0.3 is 45.6 Å². The summed E-state index contributed by atoms with van der Waals surface area (Å²) in [6.45, 7) is 1.56. The number of rotatable bonds is 13. The fourth-order valence-corrected chi connectivity index (χ4v) is 4.45. The van der Waals surface area contributed by atoms with Gasteiger partial charge in [0.25, 0.3) is 5.60 Å². The molecule has 4 aromatic carbocycles. The van der Waals surface area contributed by atoms with Crippen LogP contribution in [-0.2, 0) is 46.3 Å². The third-order valence-electron chi connectivity index (χ3n) is 7.79. The van der Waals surface area contributed by atoms with Gasteiger partial charge in [-0.25, -0.2) is 19.2 Å². The zero-order valence-electron chi connectivity index (χ0n) is 29.6. The molecular weight excluding hydrogens is 710 g/mol. The Bertz CT molecular complexity index is 1790. The van der Waals surface area contributed by atoms with Crippen molar-refractivity contribution in [2.75, 3.05) is 20.3 Å². The molecule has 0 aliphatic heterocycles. The molecule has 0 heterocycles. The Labute approximate surface area is 309 Å². The molecule has 0 aliphatic rings. The van der Waals surface area contributed by atoms with Gasteiger partial charge in [0.1, 0.15) is 0 Å². The van der Waals surface area contributed by atoms with Crippen molar-refractivity contribution in [3.8, 4) is 0 Å². The maximum atomic E-state index is 10.9. The third kappa shape index (κ3) is 12.6. The van der Waals surface area contributed by atoms with Crippen LogP contribution in [0, 0.1) is 10.1 Å². The molecule has 16 nitrogen and oxygen atoms in total. The van der Waals surface area contributed by atoms with Gasteiger partial charge in [-0.2, -0.15) is 0 Å². The van der Waals surface area contributed by atoms with E-state index in [1.807, 2.05) is 0 Å². The molecule has 4 atom stereocenters. The number of aliphatic hydroxyl groups is 4. The van der Waals surface area contributed by atoms with Crippen LogP contribution >= 0.6 is 0 Å². The molecule has 0 aliphatic carbocycles. The lowest BCUT2D eigenvalue weighted by molar-refractivity contribution is -0.499. The summed E-state index contributed by atoms with van der Waals surface area (Å²) in [5.74, 6) is -5.40. The number of carboxylic acids is 4. The molecular formula is C38H43NO15. The van der Waals surface area contributed by atoms with Crippen LogP contribution in [0.1, 0.15) is 42.5 Å². The standard InChI is InChI=1S/C10H12O4.C10H12O3.C9H9NO5.C9H10O3/c1-14-7-10(13,9(11)12)8-5-3-2-4-6-8;1-2-10(13,9(11)12)8-6-4-3-5-7-8;11-8(12)9(13,6-10(14)15)7-4-2-1-3-5-7;1-9(12,8(10)11)7-5-3-2-4-6-7/h2-6,13H,7H2,1H3,(H,11,12);3-7,13H,2H2,1H3,(H,11,12);1-5,13H,6H2,(H,11,12);2-6,12H,1H3,(H,10,11). The summed E-state index contributed by atoms with van der Waals surface area (Å²) in [5.41, 5.74) is -6.85. The maximum Gasteiger partial charge on any atom is 0.347 e. The van der Waals surface area contributed by atoms with E-state index in [0.29, 0.717) is 16.7 Å². The summed E-state index contributed by atoms with van der Waals surface area (Å²) in [6, 6.07) is 32.2. The average Bonchev–Trinajstić information content (AvgIpc) is 3.16. The Kier molecular flexibility index (Phi) is 17.8. The van der Waals surface area contributed by atoms with Crippen molar-refractivity contribution in [1.29, 1.82) is 0 Å². The van der Waals surface area contributed by atoms with E-state index in [9.17, 15) is 49.7 Å². The van der Waals surface area contributed by atoms with Crippen LogP contribution < -0.4 is 0 Å². The summed E-state index contributed by atoms with van der Waals surface area (Å²) in [5, 5.41) is 84.2. The zero-order valence-corrected chi connectivity index (χ0v) is 29.6. The van der Waals surface area contributed by atoms with E-state index < -0.39 is 57.7 Å². The van der Waals surface area contributed by atoms with Gasteiger partial charge in [-0.1, -0.05) is 128 Å². The molecule has 54 heavy (non-hydrogen) atoms. The minimum absolute atomic E-state index is 0.00537. The van der Waals surface area contributed by atoms with Crippen molar-refractivity contribution >= 4 is 23.9 Å². The number of hydrogen-bond donors (Lipinski definition) is 8. The SMILES string of the molecule is CC(O)(C(=O)O)c1ccccc1.CCC(O)(C(=O)O)c1ccccc1.COCC(O)(C(=O)O)c1ccccc1.O=C(O)C(O)(C[N+](=O)[O-])c1ccccc1. The Morgan fingerprint density at radius 2 is 0.852 bits per heavy atom. The Balaban J connectivity index is 0.000000361. The lowest BCUT2D eigenvalue weighted by Gasteiger charge is -2.22. The Morgan fingerprint density at radius 1 is 0.556 bits per heavy atom. The van der Waals surface area contributed by atoms with Gasteiger partial charge in [-0.05, 0) is 30.0 Å². The predicted octanol–water partition coefficient (Wildman–Crippen LogP) is 3.19. The van der Waals surface area contributed by atoms with E-state index in [-0.39, 0.29) is 18.6 Å². The number of ether oxygens (including phenoxy) is 1. The van der Waals surface area contributed by atoms with E-state index in [4.69, 9.17) is 25.2 Å². The van der Waals surface area contributed by atoms with E-state index in [2.05, 4.69) is 0 Å². The van der Waals surface area contributed by atoms with Crippen molar-refractivity contribution in [2.24, 2.45) is 0 Å². The highest BCUT2D eigenvalue weighted by molar-refractivity contribution is 5.80. The highest BCUT2D eigenvalue weighted by Crippen LogP contribution is 2.25. The molecule has 4 rings (SSSR count). The number of carboxylic acid groups (broad SMARTS) is 4. The lowest BCUT2D eigenvalue weighted by atomic mass is 9.91. The van der Waals surface area contributed by atoms with Gasteiger partial charge >= 0.3 is 23.9 Å². The molecule has 4 aromatic rings. The molecule has 0 bridgehead atoms. The second-order valence-corrected chi connectivity index (χ2v) is 11.6. The third-order valence-corrected chi connectivity index (χ3v) is 7.79. The molecule has 8 N–H and O–H groups in total. The smallest absolute Gasteiger partial charge is 0.347 e. The molecule has 0 amide bonds. The fourth-order valence-electron chi connectivity index (χ4n) is 4.45. The summed E-state index contributed by atoms with van der Waals surface area (Å²) in [7, 11) is 1.34. The minimum Gasteiger partial charge on any atom is -0.479 e. The van der Waals surface area contributed by atoms with E-state index in [1.165, 1.54) is 38.3 Å². The van der Waals surface area contributed by atoms with Crippen LogP contribution in [0.5, 0.6) is 0 Å². The van der Waals surface area contributed by atoms with Crippen LogP contribution in [0.4, 0.5) is 0 Å². The van der Waals surface area contributed by atoms with Crippen LogP contribution in [-0.4, -0.2) is 89.9 Å². The van der Waals surface area contributed by atoms with Gasteiger partial charge in [0, 0.05) is 17.6 Å². The molecule has 290 valence electrons. The first-order chi connectivity index (χ1) is 25.2. The van der Waals surface area contributed by atoms with Crippen LogP contribution in [0.15, 0.2) is 121 Å². The fraction of sp³-hybridized carbons (Fsp3) is 0.263. The predicted molar refractivity (Wildman–Crippen MR) is 192 cm³/mol. The quantitative estimate of drug-likeness (QED) is 0.0719. The zero-order chi connectivity index (χ0) is 41.2. The van der Waals surface area contributed by atoms with Crippen LogP contribution in [0.3, 0.4) is 0 Å². The Hall–Kier alpha value is -6.04. The van der Waals surface area contributed by atoms with Crippen molar-refractivity contribution < 1.29 is 69.7 Å². The Morgan fingerprint density at radius 3 is 1.11 bits per heavy atom. The molecule has 0 spiro atoms. The van der Waals surface area contributed by atoms with Gasteiger partial charge in [0.15, 0.2) is 11.2 Å². The summed E-state index contributed by atoms with van der Waals surface area (Å²) in [6.07, 6.45) is 0.159. The van der Waals surface area contributed by atoms with Gasteiger partial charge in [-0.15, -0.1) is 0 Å². The van der Waals surface area contributed by atoms with E-state index in [0.717, 1.165) is 0 Å². The first kappa shape index (κ1) is 46.0. The number of carbonyl (C=O) groups is 4. The number of benzene rings is 4. The second-order valence-electron chi connectivity index (χ2n) is 11.6. The number of methoxy groups -OCH3 is 1. The largest absolute Gasteiger partial charge is 0.479 e. The normalized spacial score (nSPS) is 14.7. The number of nitro groups is 1. The first-order valence-electron chi connectivity index (χ1n) is 15.9. The maximum absolute atomic E-state index is 10.9. The average molecular weight is 754 g/mol. The van der Waals surface area contributed by atoms with E-state index in [1.54, 1.807) is 104 Å². The topological polar surface area (TPSA) is 282 Å². The van der Waals surface area contributed by atoms with E-state index >= 15 is 0 Å². The molecule has 0 saturated heterocycles. The second kappa shape index (κ2) is 20.9. The summed E-state index contributed by atoms with van der Waals surface area (Å²) >= 11 is 0. The molecule has 4 unspecified atom stereocenters. The van der Waals surface area contributed by atoms with Crippen molar-refractivity contribution in [1.82, 2.24) is 0 Å². The molecule has 0 radical (unpaired) electrons. The van der Waals surface area contributed by atoms with Crippen molar-refractivity contribution in [3.05, 3.63) is 154 Å². The van der Waals surface area contributed by atoms with Crippen molar-refractivity contribution in [3.63, 3.8) is 0 Å². The minimum atomic E-state index is -2.47. The van der Waals surface area contributed by atoms with Crippen LogP contribution in [0.2, 0.25) is 0 Å². The molecule has 0 aromatic heterocycles. The summed E-state index contributed by atoms with van der Waals surface area (Å²) in [4.78, 5) is 52.5. The van der Waals surface area contributed by atoms with Gasteiger partial charge in [0.2, 0.25) is 12.1 Å². The number of nitrogens with zero attached hydrogens (tertiary/aromatic N) is 1. The first-order valence-corrected chi connectivity index (χ1v) is 15.9. The molecule has 0 saturated carbocycles.